The van der Waals surface area contributed by atoms with Gasteiger partial charge in [-0.15, -0.1) is 0 Å². The topological polar surface area (TPSA) is 96.4 Å². The Kier molecular flexibility index (Phi) is 8.79. The van der Waals surface area contributed by atoms with Gasteiger partial charge >= 0.3 is 0 Å². The van der Waals surface area contributed by atoms with Crippen molar-refractivity contribution >= 4 is 5.91 Å². The third kappa shape index (κ3) is 6.27. The molecule has 0 heterocycles. The van der Waals surface area contributed by atoms with Gasteiger partial charge in [0.05, 0.1) is 0 Å². The standard InChI is InChI=1S/C17H31N5O/c1-4-21-17(23)14-7-5-6-13(10-14)16(19)15(11-18)12-22(3)9-8-20-2/h5-7,10,15-16,20H,4,8-9,11-12,18-19H2,1-3H3,(H,21,23). The molecule has 0 fully saturated rings. The van der Waals surface area contributed by atoms with Crippen LogP contribution in [0, 0.1) is 5.92 Å². The van der Waals surface area contributed by atoms with Gasteiger partial charge in [-0.2, -0.15) is 0 Å². The Morgan fingerprint density at radius 1 is 1.39 bits per heavy atom. The van der Waals surface area contributed by atoms with Crippen molar-refractivity contribution in [1.29, 1.82) is 0 Å². The average molecular weight is 321 g/mol. The highest BCUT2D eigenvalue weighted by atomic mass is 16.1. The monoisotopic (exact) mass is 321 g/mol. The van der Waals surface area contributed by atoms with E-state index < -0.39 is 0 Å². The molecule has 0 aliphatic rings. The first kappa shape index (κ1) is 19.6. The lowest BCUT2D eigenvalue weighted by atomic mass is 9.92. The van der Waals surface area contributed by atoms with E-state index in [0.717, 1.165) is 25.2 Å². The predicted octanol–water partition coefficient (Wildman–Crippen LogP) is 0.162. The molecule has 0 aliphatic carbocycles. The van der Waals surface area contributed by atoms with Crippen LogP contribution in [-0.2, 0) is 0 Å². The molecular weight excluding hydrogens is 290 g/mol. The van der Waals surface area contributed by atoms with Crippen molar-refractivity contribution in [3.8, 4) is 0 Å². The summed E-state index contributed by atoms with van der Waals surface area (Å²) in [4.78, 5) is 14.2. The largest absolute Gasteiger partial charge is 0.352 e. The molecule has 1 rings (SSSR count). The molecule has 6 nitrogen and oxygen atoms in total. The fourth-order valence-electron chi connectivity index (χ4n) is 2.55. The Bertz CT molecular complexity index is 480. The zero-order chi connectivity index (χ0) is 17.2. The Morgan fingerprint density at radius 3 is 2.74 bits per heavy atom. The maximum atomic E-state index is 12.0. The van der Waals surface area contributed by atoms with E-state index in [4.69, 9.17) is 11.5 Å². The molecule has 2 unspecified atom stereocenters. The number of nitrogens with two attached hydrogens (primary N) is 2. The summed E-state index contributed by atoms with van der Waals surface area (Å²) in [6, 6.07) is 7.32. The third-order valence-corrected chi connectivity index (χ3v) is 3.97. The van der Waals surface area contributed by atoms with Crippen LogP contribution in [0.5, 0.6) is 0 Å². The van der Waals surface area contributed by atoms with Crippen molar-refractivity contribution in [3.05, 3.63) is 35.4 Å². The first-order chi connectivity index (χ1) is 11.0. The fourth-order valence-corrected chi connectivity index (χ4v) is 2.55. The van der Waals surface area contributed by atoms with Gasteiger partial charge in [0.1, 0.15) is 0 Å². The highest BCUT2D eigenvalue weighted by Crippen LogP contribution is 2.21. The summed E-state index contributed by atoms with van der Waals surface area (Å²) >= 11 is 0. The molecular formula is C17H31N5O. The number of hydrogen-bond donors (Lipinski definition) is 4. The number of nitrogens with zero attached hydrogens (tertiary/aromatic N) is 1. The number of benzene rings is 1. The fraction of sp³-hybridized carbons (Fsp3) is 0.588. The third-order valence-electron chi connectivity index (χ3n) is 3.97. The van der Waals surface area contributed by atoms with Gasteiger partial charge in [0.25, 0.3) is 5.91 Å². The molecule has 0 aromatic heterocycles. The van der Waals surface area contributed by atoms with Gasteiger partial charge in [-0.05, 0) is 45.3 Å². The van der Waals surface area contributed by atoms with Gasteiger partial charge in [-0.3, -0.25) is 4.79 Å². The molecule has 1 aromatic carbocycles. The van der Waals surface area contributed by atoms with E-state index in [9.17, 15) is 4.79 Å². The molecule has 0 saturated heterocycles. The second-order valence-electron chi connectivity index (χ2n) is 5.87. The van der Waals surface area contributed by atoms with Crippen molar-refractivity contribution in [2.24, 2.45) is 17.4 Å². The number of rotatable bonds is 10. The molecule has 1 aromatic rings. The zero-order valence-corrected chi connectivity index (χ0v) is 14.5. The van der Waals surface area contributed by atoms with E-state index in [1.165, 1.54) is 0 Å². The van der Waals surface area contributed by atoms with Crippen LogP contribution in [0.3, 0.4) is 0 Å². The molecule has 130 valence electrons. The molecule has 23 heavy (non-hydrogen) atoms. The van der Waals surface area contributed by atoms with Crippen LogP contribution in [0.2, 0.25) is 0 Å². The number of carbonyl (C=O) groups excluding carboxylic acids is 1. The minimum absolute atomic E-state index is 0.0722. The van der Waals surface area contributed by atoms with Crippen molar-refractivity contribution in [2.45, 2.75) is 13.0 Å². The van der Waals surface area contributed by atoms with E-state index in [0.29, 0.717) is 18.7 Å². The Balaban J connectivity index is 2.78. The van der Waals surface area contributed by atoms with Gasteiger partial charge in [0, 0.05) is 43.7 Å². The molecule has 1 amide bonds. The van der Waals surface area contributed by atoms with E-state index in [1.807, 2.05) is 32.2 Å². The highest BCUT2D eigenvalue weighted by molar-refractivity contribution is 5.94. The number of amides is 1. The van der Waals surface area contributed by atoms with Gasteiger partial charge in [-0.1, -0.05) is 12.1 Å². The summed E-state index contributed by atoms with van der Waals surface area (Å²) in [6.07, 6.45) is 0. The molecule has 0 spiro atoms. The molecule has 6 N–H and O–H groups in total. The first-order valence-corrected chi connectivity index (χ1v) is 8.20. The van der Waals surface area contributed by atoms with E-state index in [2.05, 4.69) is 22.6 Å². The molecule has 6 heteroatoms. The first-order valence-electron chi connectivity index (χ1n) is 8.20. The van der Waals surface area contributed by atoms with Crippen LogP contribution in [0.4, 0.5) is 0 Å². The molecule has 0 aliphatic heterocycles. The quantitative estimate of drug-likeness (QED) is 0.492. The van der Waals surface area contributed by atoms with Crippen molar-refractivity contribution in [2.75, 3.05) is 46.8 Å². The Morgan fingerprint density at radius 2 is 2.13 bits per heavy atom. The smallest absolute Gasteiger partial charge is 0.251 e. The minimum atomic E-state index is -0.189. The summed E-state index contributed by atoms with van der Waals surface area (Å²) in [5.74, 6) is 0.0679. The molecule has 0 radical (unpaired) electrons. The second kappa shape index (κ2) is 10.3. The lowest BCUT2D eigenvalue weighted by Crippen LogP contribution is -2.39. The summed E-state index contributed by atoms with van der Waals surface area (Å²) in [6.45, 7) is 5.71. The van der Waals surface area contributed by atoms with E-state index in [1.54, 1.807) is 6.07 Å². The number of carbonyl (C=O) groups is 1. The van der Waals surface area contributed by atoms with Gasteiger partial charge in [0.2, 0.25) is 0 Å². The normalized spacial score (nSPS) is 13.8. The van der Waals surface area contributed by atoms with Crippen LogP contribution >= 0.6 is 0 Å². The van der Waals surface area contributed by atoms with Crippen LogP contribution < -0.4 is 22.1 Å². The number of likely N-dealkylation sites (N-methyl/N-ethyl adjacent to an activating group) is 2. The van der Waals surface area contributed by atoms with Gasteiger partial charge in [0.15, 0.2) is 0 Å². The highest BCUT2D eigenvalue weighted by Gasteiger charge is 2.20. The van der Waals surface area contributed by atoms with E-state index in [-0.39, 0.29) is 17.9 Å². The molecule has 0 saturated carbocycles. The number of hydrogen-bond acceptors (Lipinski definition) is 5. The average Bonchev–Trinajstić information content (AvgIpc) is 2.57. The summed E-state index contributed by atoms with van der Waals surface area (Å²) in [5, 5.41) is 5.94. The van der Waals surface area contributed by atoms with Crippen LogP contribution in [0.1, 0.15) is 28.9 Å². The SMILES string of the molecule is CCNC(=O)c1cccc(C(N)C(CN)CN(C)CCNC)c1. The van der Waals surface area contributed by atoms with Crippen molar-refractivity contribution in [1.82, 2.24) is 15.5 Å². The molecule has 2 atom stereocenters. The van der Waals surface area contributed by atoms with Crippen molar-refractivity contribution < 1.29 is 4.79 Å². The van der Waals surface area contributed by atoms with Gasteiger partial charge < -0.3 is 27.0 Å². The minimum Gasteiger partial charge on any atom is -0.352 e. The van der Waals surface area contributed by atoms with Crippen molar-refractivity contribution in [3.63, 3.8) is 0 Å². The zero-order valence-electron chi connectivity index (χ0n) is 14.5. The van der Waals surface area contributed by atoms with Crippen LogP contribution in [0.25, 0.3) is 0 Å². The van der Waals surface area contributed by atoms with Crippen LogP contribution in [-0.4, -0.2) is 57.6 Å². The second-order valence-corrected chi connectivity index (χ2v) is 5.87. The number of nitrogens with one attached hydrogen (secondary N) is 2. The molecule has 0 bridgehead atoms. The predicted molar refractivity (Wildman–Crippen MR) is 95.3 cm³/mol. The lowest BCUT2D eigenvalue weighted by Gasteiger charge is -2.28. The summed E-state index contributed by atoms with van der Waals surface area (Å²) < 4.78 is 0. The maximum absolute atomic E-state index is 12.0. The Labute approximate surface area is 139 Å². The summed E-state index contributed by atoms with van der Waals surface area (Å²) in [7, 11) is 4.00. The summed E-state index contributed by atoms with van der Waals surface area (Å²) in [5.41, 5.74) is 13.9. The van der Waals surface area contributed by atoms with Crippen LogP contribution in [0.15, 0.2) is 24.3 Å². The lowest BCUT2D eigenvalue weighted by molar-refractivity contribution is 0.0955. The maximum Gasteiger partial charge on any atom is 0.251 e. The van der Waals surface area contributed by atoms with Gasteiger partial charge in [-0.25, -0.2) is 0 Å². The Hall–Kier alpha value is -1.47. The van der Waals surface area contributed by atoms with E-state index >= 15 is 0 Å².